The molecule has 5 rings (SSSR count). The summed E-state index contributed by atoms with van der Waals surface area (Å²) in [7, 11) is -3.67. The van der Waals surface area contributed by atoms with Gasteiger partial charge in [-0.05, 0) is 36.4 Å². The molecule has 1 N–H and O–H groups in total. The summed E-state index contributed by atoms with van der Waals surface area (Å²) in [5.41, 5.74) is -0.162. The lowest BCUT2D eigenvalue weighted by Crippen LogP contribution is -2.32. The number of thiazole rings is 1. The number of alkyl halides is 3. The first kappa shape index (κ1) is 25.0. The van der Waals surface area contributed by atoms with E-state index in [1.165, 1.54) is 54.1 Å². The second-order valence-electron chi connectivity index (χ2n) is 8.27. The number of sulfone groups is 1. The molecule has 0 radical (unpaired) electrons. The molecule has 1 aliphatic rings. The SMILES string of the molecule is O=S(=O)(Cc1nccs1)c1ccc2c(c1)OCC[C@H]2Oc1ccc(C(F)(F)F)cc1-c1cccc[n+]1O. The van der Waals surface area contributed by atoms with E-state index in [2.05, 4.69) is 4.98 Å². The Morgan fingerprint density at radius 3 is 2.73 bits per heavy atom. The highest BCUT2D eigenvalue weighted by Gasteiger charge is 2.34. The molecule has 1 atom stereocenters. The minimum Gasteiger partial charge on any atom is -0.493 e. The van der Waals surface area contributed by atoms with Crippen molar-refractivity contribution in [3.8, 4) is 22.8 Å². The van der Waals surface area contributed by atoms with Crippen LogP contribution in [0.5, 0.6) is 11.5 Å². The molecule has 192 valence electrons. The Morgan fingerprint density at radius 2 is 2.00 bits per heavy atom. The van der Waals surface area contributed by atoms with Gasteiger partial charge in [-0.2, -0.15) is 13.2 Å². The average Bonchev–Trinajstić information content (AvgIpc) is 3.36. The first-order valence-electron chi connectivity index (χ1n) is 11.1. The van der Waals surface area contributed by atoms with E-state index in [1.807, 2.05) is 0 Å². The minimum absolute atomic E-state index is 0.0496. The van der Waals surface area contributed by atoms with Crippen LogP contribution in [0.2, 0.25) is 0 Å². The summed E-state index contributed by atoms with van der Waals surface area (Å²) in [5.74, 6) is 0.207. The lowest BCUT2D eigenvalue weighted by Gasteiger charge is -2.27. The molecule has 0 aliphatic carbocycles. The van der Waals surface area contributed by atoms with E-state index in [4.69, 9.17) is 9.47 Å². The van der Waals surface area contributed by atoms with E-state index >= 15 is 0 Å². The third-order valence-corrected chi connectivity index (χ3v) is 8.40. The number of halogens is 3. The van der Waals surface area contributed by atoms with Crippen molar-refractivity contribution in [1.82, 2.24) is 4.98 Å². The Labute approximate surface area is 214 Å². The molecule has 0 fully saturated rings. The van der Waals surface area contributed by atoms with Gasteiger partial charge >= 0.3 is 6.18 Å². The van der Waals surface area contributed by atoms with E-state index < -0.39 is 27.7 Å². The molecule has 0 amide bonds. The van der Waals surface area contributed by atoms with Gasteiger partial charge in [-0.3, -0.25) is 5.21 Å². The van der Waals surface area contributed by atoms with Crippen molar-refractivity contribution in [3.05, 3.63) is 88.5 Å². The first-order chi connectivity index (χ1) is 17.6. The van der Waals surface area contributed by atoms with Crippen molar-refractivity contribution in [2.45, 2.75) is 29.3 Å². The predicted molar refractivity (Wildman–Crippen MR) is 127 cm³/mol. The number of hydrogen-bond acceptors (Lipinski definition) is 7. The van der Waals surface area contributed by atoms with Gasteiger partial charge in [0.25, 0.3) is 5.69 Å². The fourth-order valence-corrected chi connectivity index (χ4v) is 6.30. The summed E-state index contributed by atoms with van der Waals surface area (Å²) >= 11 is 1.25. The Balaban J connectivity index is 1.49. The molecule has 37 heavy (non-hydrogen) atoms. The Kier molecular flexibility index (Phi) is 6.54. The summed E-state index contributed by atoms with van der Waals surface area (Å²) in [6.45, 7) is 0.217. The second-order valence-corrected chi connectivity index (χ2v) is 11.2. The summed E-state index contributed by atoms with van der Waals surface area (Å²) < 4.78 is 78.7. The monoisotopic (exact) mass is 549 g/mol. The van der Waals surface area contributed by atoms with Crippen LogP contribution in [0.4, 0.5) is 13.2 Å². The number of nitrogens with zero attached hydrogens (tertiary/aromatic N) is 2. The van der Waals surface area contributed by atoms with Gasteiger partial charge in [-0.25, -0.2) is 13.4 Å². The fourth-order valence-electron chi connectivity index (χ4n) is 4.03. The number of aromatic nitrogens is 2. The molecule has 1 aliphatic heterocycles. The Morgan fingerprint density at radius 1 is 1.16 bits per heavy atom. The lowest BCUT2D eigenvalue weighted by atomic mass is 10.0. The average molecular weight is 550 g/mol. The molecule has 0 saturated heterocycles. The fraction of sp³-hybridized carbons (Fsp3) is 0.200. The number of pyridine rings is 1. The van der Waals surface area contributed by atoms with Gasteiger partial charge < -0.3 is 9.47 Å². The lowest BCUT2D eigenvalue weighted by molar-refractivity contribution is -0.896. The molecule has 0 bridgehead atoms. The van der Waals surface area contributed by atoms with Crippen LogP contribution >= 0.6 is 11.3 Å². The number of rotatable bonds is 6. The third kappa shape index (κ3) is 5.25. The largest absolute Gasteiger partial charge is 0.493 e. The molecule has 0 spiro atoms. The molecule has 2 aromatic heterocycles. The highest BCUT2D eigenvalue weighted by molar-refractivity contribution is 7.90. The van der Waals surface area contributed by atoms with Crippen LogP contribution in [0.3, 0.4) is 0 Å². The van der Waals surface area contributed by atoms with Crippen molar-refractivity contribution in [2.24, 2.45) is 0 Å². The maximum atomic E-state index is 13.4. The van der Waals surface area contributed by atoms with Crippen LogP contribution in [0.15, 0.2) is 77.3 Å². The molecular formula is C25H20F3N2O5S2+. The summed E-state index contributed by atoms with van der Waals surface area (Å²) in [6.07, 6.45) is -1.99. The van der Waals surface area contributed by atoms with E-state index in [-0.39, 0.29) is 34.3 Å². The summed E-state index contributed by atoms with van der Waals surface area (Å²) in [6, 6.07) is 12.1. The Bertz CT molecular complexity index is 1540. The maximum Gasteiger partial charge on any atom is 0.416 e. The van der Waals surface area contributed by atoms with Crippen LogP contribution in [0.25, 0.3) is 11.3 Å². The molecule has 0 saturated carbocycles. The van der Waals surface area contributed by atoms with Crippen molar-refractivity contribution in [2.75, 3.05) is 6.61 Å². The van der Waals surface area contributed by atoms with E-state index in [0.29, 0.717) is 22.7 Å². The molecule has 3 heterocycles. The van der Waals surface area contributed by atoms with Crippen LogP contribution in [-0.4, -0.2) is 25.2 Å². The van der Waals surface area contributed by atoms with Crippen LogP contribution in [-0.2, 0) is 21.8 Å². The number of benzene rings is 2. The molecule has 4 aromatic rings. The van der Waals surface area contributed by atoms with Crippen molar-refractivity contribution < 1.29 is 41.0 Å². The predicted octanol–water partition coefficient (Wildman–Crippen LogP) is 5.23. The van der Waals surface area contributed by atoms with Crippen molar-refractivity contribution >= 4 is 21.2 Å². The van der Waals surface area contributed by atoms with Gasteiger partial charge in [0.2, 0.25) is 6.20 Å². The zero-order chi connectivity index (χ0) is 26.2. The molecule has 7 nitrogen and oxygen atoms in total. The first-order valence-corrected chi connectivity index (χ1v) is 13.6. The van der Waals surface area contributed by atoms with E-state index in [1.54, 1.807) is 17.5 Å². The topological polar surface area (TPSA) is 89.6 Å². The highest BCUT2D eigenvalue weighted by atomic mass is 32.2. The standard InChI is InChI=1S/C25H20F3N2O5S2/c26-25(27,28)16-4-7-21(19(13-16)20-3-1-2-10-30(20)31)35-22-8-11-34-23-14-17(5-6-18(22)23)37(32,33)15-24-29-9-12-36-24/h1-7,9-10,12-14,22,31H,8,11,15H2/q+1/t22-/m1/s1. The quantitative estimate of drug-likeness (QED) is 0.262. The molecule has 0 unspecified atom stereocenters. The van der Waals surface area contributed by atoms with Gasteiger partial charge in [0, 0.05) is 40.4 Å². The maximum absolute atomic E-state index is 13.4. The van der Waals surface area contributed by atoms with Crippen molar-refractivity contribution in [3.63, 3.8) is 0 Å². The van der Waals surface area contributed by atoms with Gasteiger partial charge in [-0.15, -0.1) is 11.3 Å². The zero-order valence-electron chi connectivity index (χ0n) is 19.1. The zero-order valence-corrected chi connectivity index (χ0v) is 20.7. The second kappa shape index (κ2) is 9.67. The molecule has 12 heteroatoms. The summed E-state index contributed by atoms with van der Waals surface area (Å²) in [5, 5.41) is 12.4. The highest BCUT2D eigenvalue weighted by Crippen LogP contribution is 2.41. The van der Waals surface area contributed by atoms with Crippen molar-refractivity contribution in [1.29, 1.82) is 0 Å². The van der Waals surface area contributed by atoms with Gasteiger partial charge in [-0.1, -0.05) is 6.07 Å². The van der Waals surface area contributed by atoms with Crippen LogP contribution < -0.4 is 14.2 Å². The molecule has 2 aromatic carbocycles. The van der Waals surface area contributed by atoms with Gasteiger partial charge in [0.1, 0.15) is 28.4 Å². The van der Waals surface area contributed by atoms with Crippen LogP contribution in [0.1, 0.15) is 28.7 Å². The molecular weight excluding hydrogens is 529 g/mol. The van der Waals surface area contributed by atoms with Gasteiger partial charge in [0.05, 0.1) is 22.6 Å². The Hall–Kier alpha value is -3.64. The number of ether oxygens (including phenoxy) is 2. The summed E-state index contributed by atoms with van der Waals surface area (Å²) in [4.78, 5) is 4.10. The smallest absolute Gasteiger partial charge is 0.416 e. The number of hydrogen-bond donors (Lipinski definition) is 1. The third-order valence-electron chi connectivity index (χ3n) is 5.82. The minimum atomic E-state index is -4.59. The van der Waals surface area contributed by atoms with E-state index in [0.717, 1.165) is 16.9 Å². The number of fused-ring (bicyclic) bond motifs is 1. The van der Waals surface area contributed by atoms with Gasteiger partial charge in [0.15, 0.2) is 9.84 Å². The van der Waals surface area contributed by atoms with Crippen LogP contribution in [0, 0.1) is 0 Å². The normalized spacial score (nSPS) is 15.6. The van der Waals surface area contributed by atoms with E-state index in [9.17, 15) is 26.8 Å².